The first-order chi connectivity index (χ1) is 8.93. The number of phenols is 1. The molecule has 0 amide bonds. The summed E-state index contributed by atoms with van der Waals surface area (Å²) in [7, 11) is 1.65. The molecule has 0 radical (unpaired) electrons. The minimum atomic E-state index is -0.137. The third-order valence-electron chi connectivity index (χ3n) is 3.21. The van der Waals surface area contributed by atoms with Gasteiger partial charge < -0.3 is 9.84 Å². The average Bonchev–Trinajstić information content (AvgIpc) is 2.38. The second kappa shape index (κ2) is 4.96. The number of rotatable bonds is 2. The Kier molecular flexibility index (Phi) is 3.52. The molecule has 0 aliphatic rings. The van der Waals surface area contributed by atoms with Crippen molar-refractivity contribution in [2.24, 2.45) is 0 Å². The van der Waals surface area contributed by atoms with Crippen molar-refractivity contribution in [1.29, 1.82) is 0 Å². The molecule has 0 aromatic heterocycles. The molecular formula is C17H20O2. The fourth-order valence-corrected chi connectivity index (χ4v) is 2.14. The minimum absolute atomic E-state index is 0.137. The van der Waals surface area contributed by atoms with E-state index in [2.05, 4.69) is 20.8 Å². The van der Waals surface area contributed by atoms with Crippen LogP contribution in [0.3, 0.4) is 0 Å². The van der Waals surface area contributed by atoms with Crippen LogP contribution in [0.15, 0.2) is 42.5 Å². The van der Waals surface area contributed by atoms with Gasteiger partial charge in [0.25, 0.3) is 0 Å². The third kappa shape index (κ3) is 2.73. The van der Waals surface area contributed by atoms with E-state index in [1.54, 1.807) is 7.11 Å². The second-order valence-corrected chi connectivity index (χ2v) is 5.69. The van der Waals surface area contributed by atoms with Crippen molar-refractivity contribution in [2.75, 3.05) is 7.11 Å². The molecule has 0 heterocycles. The van der Waals surface area contributed by atoms with Gasteiger partial charge in [-0.25, -0.2) is 0 Å². The van der Waals surface area contributed by atoms with Crippen LogP contribution < -0.4 is 4.74 Å². The predicted octanol–water partition coefficient (Wildman–Crippen LogP) is 4.37. The van der Waals surface area contributed by atoms with Crippen molar-refractivity contribution < 1.29 is 9.84 Å². The lowest BCUT2D eigenvalue weighted by atomic mass is 9.84. The highest BCUT2D eigenvalue weighted by Gasteiger charge is 2.22. The lowest BCUT2D eigenvalue weighted by Gasteiger charge is -2.23. The highest BCUT2D eigenvalue weighted by atomic mass is 16.5. The summed E-state index contributed by atoms with van der Waals surface area (Å²) >= 11 is 0. The number of benzene rings is 2. The first-order valence-corrected chi connectivity index (χ1v) is 6.40. The van der Waals surface area contributed by atoms with Gasteiger partial charge in [0.2, 0.25) is 0 Å². The quantitative estimate of drug-likeness (QED) is 0.864. The maximum atomic E-state index is 10.5. The van der Waals surface area contributed by atoms with Crippen LogP contribution in [0.1, 0.15) is 26.3 Å². The Balaban J connectivity index is 2.68. The van der Waals surface area contributed by atoms with E-state index >= 15 is 0 Å². The Labute approximate surface area is 114 Å². The summed E-state index contributed by atoms with van der Waals surface area (Å²) in [5.74, 6) is 1.10. The van der Waals surface area contributed by atoms with Gasteiger partial charge >= 0.3 is 0 Å². The van der Waals surface area contributed by atoms with Gasteiger partial charge in [-0.05, 0) is 23.1 Å². The van der Waals surface area contributed by atoms with Crippen molar-refractivity contribution >= 4 is 0 Å². The summed E-state index contributed by atoms with van der Waals surface area (Å²) in [5.41, 5.74) is 2.56. The first-order valence-electron chi connectivity index (χ1n) is 6.40. The SMILES string of the molecule is COc1cc(-c2ccccc2)c(O)c(C(C)(C)C)c1. The van der Waals surface area contributed by atoms with Crippen LogP contribution in [0.5, 0.6) is 11.5 Å². The number of aromatic hydroxyl groups is 1. The molecule has 0 aliphatic heterocycles. The van der Waals surface area contributed by atoms with Crippen LogP contribution in [0.25, 0.3) is 11.1 Å². The molecule has 0 aliphatic carbocycles. The third-order valence-corrected chi connectivity index (χ3v) is 3.21. The lowest BCUT2D eigenvalue weighted by molar-refractivity contribution is 0.406. The Bertz CT molecular complexity index is 566. The van der Waals surface area contributed by atoms with Gasteiger partial charge in [0, 0.05) is 11.1 Å². The molecule has 0 spiro atoms. The molecule has 0 bridgehead atoms. The van der Waals surface area contributed by atoms with Gasteiger partial charge in [-0.3, -0.25) is 0 Å². The van der Waals surface area contributed by atoms with E-state index < -0.39 is 0 Å². The van der Waals surface area contributed by atoms with E-state index in [0.29, 0.717) is 5.75 Å². The maximum Gasteiger partial charge on any atom is 0.127 e. The fraction of sp³-hybridized carbons (Fsp3) is 0.294. The van der Waals surface area contributed by atoms with E-state index in [4.69, 9.17) is 4.74 Å². The Hall–Kier alpha value is -1.96. The topological polar surface area (TPSA) is 29.5 Å². The molecule has 0 saturated carbocycles. The van der Waals surface area contributed by atoms with Crippen molar-refractivity contribution in [3.05, 3.63) is 48.0 Å². The largest absolute Gasteiger partial charge is 0.507 e. The van der Waals surface area contributed by atoms with Gasteiger partial charge in [-0.1, -0.05) is 51.1 Å². The first kappa shape index (κ1) is 13.5. The molecule has 2 rings (SSSR count). The van der Waals surface area contributed by atoms with Crippen molar-refractivity contribution in [1.82, 2.24) is 0 Å². The molecule has 2 aromatic carbocycles. The summed E-state index contributed by atoms with van der Waals surface area (Å²) in [6.07, 6.45) is 0. The van der Waals surface area contributed by atoms with Gasteiger partial charge in [0.15, 0.2) is 0 Å². The van der Waals surface area contributed by atoms with E-state index in [0.717, 1.165) is 22.4 Å². The van der Waals surface area contributed by atoms with Crippen LogP contribution in [0.2, 0.25) is 0 Å². The van der Waals surface area contributed by atoms with Gasteiger partial charge in [0.1, 0.15) is 11.5 Å². The summed E-state index contributed by atoms with van der Waals surface area (Å²) in [6.45, 7) is 6.24. The smallest absolute Gasteiger partial charge is 0.127 e. The van der Waals surface area contributed by atoms with E-state index in [9.17, 15) is 5.11 Å². The zero-order valence-corrected chi connectivity index (χ0v) is 11.9. The fourth-order valence-electron chi connectivity index (χ4n) is 2.14. The number of hydrogen-bond acceptors (Lipinski definition) is 2. The summed E-state index contributed by atoms with van der Waals surface area (Å²) in [6, 6.07) is 13.6. The van der Waals surface area contributed by atoms with Crippen LogP contribution in [-0.4, -0.2) is 12.2 Å². The number of ether oxygens (including phenoxy) is 1. The average molecular weight is 256 g/mol. The van der Waals surface area contributed by atoms with E-state index in [1.165, 1.54) is 0 Å². The molecule has 2 heteroatoms. The maximum absolute atomic E-state index is 10.5. The molecule has 0 saturated heterocycles. The zero-order chi connectivity index (χ0) is 14.0. The number of hydrogen-bond donors (Lipinski definition) is 1. The van der Waals surface area contributed by atoms with E-state index in [1.807, 2.05) is 42.5 Å². The number of methoxy groups -OCH3 is 1. The van der Waals surface area contributed by atoms with Crippen LogP contribution >= 0.6 is 0 Å². The monoisotopic (exact) mass is 256 g/mol. The molecule has 0 unspecified atom stereocenters. The molecule has 2 aromatic rings. The van der Waals surface area contributed by atoms with Crippen LogP contribution in [0.4, 0.5) is 0 Å². The summed E-state index contributed by atoms with van der Waals surface area (Å²) < 4.78 is 5.36. The van der Waals surface area contributed by atoms with Gasteiger partial charge in [-0.15, -0.1) is 0 Å². The predicted molar refractivity (Wildman–Crippen MR) is 78.8 cm³/mol. The second-order valence-electron chi connectivity index (χ2n) is 5.69. The highest BCUT2D eigenvalue weighted by molar-refractivity contribution is 5.74. The van der Waals surface area contributed by atoms with Gasteiger partial charge in [-0.2, -0.15) is 0 Å². The van der Waals surface area contributed by atoms with Crippen molar-refractivity contribution in [3.63, 3.8) is 0 Å². The summed E-state index contributed by atoms with van der Waals surface area (Å²) in [5, 5.41) is 10.5. The van der Waals surface area contributed by atoms with Crippen LogP contribution in [0, 0.1) is 0 Å². The Morgan fingerprint density at radius 3 is 2.16 bits per heavy atom. The Morgan fingerprint density at radius 1 is 1.00 bits per heavy atom. The molecule has 0 atom stereocenters. The van der Waals surface area contributed by atoms with Crippen LogP contribution in [-0.2, 0) is 5.41 Å². The standard InChI is InChI=1S/C17H20O2/c1-17(2,3)15-11-13(19-4)10-14(16(15)18)12-8-6-5-7-9-12/h5-11,18H,1-4H3. The minimum Gasteiger partial charge on any atom is -0.507 e. The molecular weight excluding hydrogens is 236 g/mol. The van der Waals surface area contributed by atoms with E-state index in [-0.39, 0.29) is 5.41 Å². The molecule has 19 heavy (non-hydrogen) atoms. The molecule has 0 fully saturated rings. The lowest BCUT2D eigenvalue weighted by Crippen LogP contribution is -2.12. The number of phenolic OH excluding ortho intramolecular Hbond substituents is 1. The van der Waals surface area contributed by atoms with Crippen molar-refractivity contribution in [2.45, 2.75) is 26.2 Å². The highest BCUT2D eigenvalue weighted by Crippen LogP contribution is 2.41. The zero-order valence-electron chi connectivity index (χ0n) is 11.9. The molecule has 1 N–H and O–H groups in total. The van der Waals surface area contributed by atoms with Gasteiger partial charge in [0.05, 0.1) is 7.11 Å². The molecule has 100 valence electrons. The van der Waals surface area contributed by atoms with Crippen molar-refractivity contribution in [3.8, 4) is 22.6 Å². The Morgan fingerprint density at radius 2 is 1.63 bits per heavy atom. The normalized spacial score (nSPS) is 11.4. The molecule has 2 nitrogen and oxygen atoms in total. The summed E-state index contributed by atoms with van der Waals surface area (Å²) in [4.78, 5) is 0.